The molecule has 1 fully saturated rings. The summed E-state index contributed by atoms with van der Waals surface area (Å²) in [6.07, 6.45) is 11.5. The predicted octanol–water partition coefficient (Wildman–Crippen LogP) is 3.74. The lowest BCUT2D eigenvalue weighted by molar-refractivity contribution is -0.137. The number of aliphatic carboxylic acids is 1. The minimum Gasteiger partial charge on any atom is -0.481 e. The second-order valence-corrected chi connectivity index (χ2v) is 7.43. The van der Waals surface area contributed by atoms with E-state index < -0.39 is 11.6 Å². The topological polar surface area (TPSA) is 83.8 Å². The van der Waals surface area contributed by atoms with Gasteiger partial charge in [-0.3, -0.25) is 9.59 Å². The minimum absolute atomic E-state index is 0.0606. The van der Waals surface area contributed by atoms with Crippen molar-refractivity contribution in [2.75, 3.05) is 13.7 Å². The van der Waals surface area contributed by atoms with Crippen molar-refractivity contribution in [3.8, 4) is 0 Å². The Morgan fingerprint density at radius 2 is 2.00 bits per heavy atom. The molecule has 144 valence electrons. The molecular formula is C20H34O5. The molecule has 5 nitrogen and oxygen atoms in total. The highest BCUT2D eigenvalue weighted by Gasteiger charge is 2.32. The molecule has 1 aliphatic rings. The molecule has 0 radical (unpaired) electrons. The molecule has 1 aliphatic carbocycles. The molecule has 0 aliphatic heterocycles. The lowest BCUT2D eigenvalue weighted by Gasteiger charge is -2.21. The molecule has 3 atom stereocenters. The van der Waals surface area contributed by atoms with Gasteiger partial charge in [0, 0.05) is 32.5 Å². The number of carbonyl (C=O) groups excluding carboxylic acids is 1. The molecule has 25 heavy (non-hydrogen) atoms. The summed E-state index contributed by atoms with van der Waals surface area (Å²) in [4.78, 5) is 22.6. The van der Waals surface area contributed by atoms with E-state index in [4.69, 9.17) is 9.84 Å². The van der Waals surface area contributed by atoms with Crippen LogP contribution >= 0.6 is 0 Å². The number of hydrogen-bond acceptors (Lipinski definition) is 4. The fourth-order valence-corrected chi connectivity index (χ4v) is 3.52. The molecule has 5 heteroatoms. The number of allylic oxidation sites excluding steroid dienone is 1. The Morgan fingerprint density at radius 3 is 2.68 bits per heavy atom. The third-order valence-electron chi connectivity index (χ3n) is 5.04. The lowest BCUT2D eigenvalue weighted by Crippen LogP contribution is -2.22. The maximum absolute atomic E-state index is 12.1. The summed E-state index contributed by atoms with van der Waals surface area (Å²) in [6.45, 7) is 2.43. The van der Waals surface area contributed by atoms with Crippen LogP contribution in [0.15, 0.2) is 12.2 Å². The Balaban J connectivity index is 2.38. The number of unbranched alkanes of at least 4 members (excludes halogenated alkanes) is 3. The van der Waals surface area contributed by atoms with Crippen LogP contribution in [0.1, 0.15) is 71.1 Å². The second-order valence-electron chi connectivity index (χ2n) is 7.43. The number of ketones is 1. The van der Waals surface area contributed by atoms with Crippen LogP contribution in [-0.4, -0.2) is 41.3 Å². The largest absolute Gasteiger partial charge is 0.481 e. The van der Waals surface area contributed by atoms with E-state index in [1.807, 2.05) is 12.2 Å². The minimum atomic E-state index is -0.856. The first-order valence-corrected chi connectivity index (χ1v) is 9.51. The number of carboxylic acids is 1. The van der Waals surface area contributed by atoms with Crippen molar-refractivity contribution in [3.05, 3.63) is 12.2 Å². The highest BCUT2D eigenvalue weighted by atomic mass is 16.5. The first-order chi connectivity index (χ1) is 11.9. The van der Waals surface area contributed by atoms with Gasteiger partial charge in [0.15, 0.2) is 0 Å². The van der Waals surface area contributed by atoms with Crippen LogP contribution in [0.5, 0.6) is 0 Å². The van der Waals surface area contributed by atoms with Gasteiger partial charge in [0.2, 0.25) is 0 Å². The molecule has 2 N–H and O–H groups in total. The smallest absolute Gasteiger partial charge is 0.303 e. The number of ether oxygens (including phenoxy) is 1. The van der Waals surface area contributed by atoms with Gasteiger partial charge in [-0.05, 0) is 44.9 Å². The Kier molecular flexibility index (Phi) is 9.98. The number of methoxy groups -OCH3 is 1. The summed E-state index contributed by atoms with van der Waals surface area (Å²) in [6, 6.07) is 0. The van der Waals surface area contributed by atoms with Gasteiger partial charge in [-0.15, -0.1) is 0 Å². The fourth-order valence-electron chi connectivity index (χ4n) is 3.52. The Bertz CT molecular complexity index is 441. The maximum Gasteiger partial charge on any atom is 0.303 e. The molecule has 0 bridgehead atoms. The van der Waals surface area contributed by atoms with Gasteiger partial charge in [0.25, 0.3) is 0 Å². The fraction of sp³-hybridized carbons (Fsp3) is 0.800. The van der Waals surface area contributed by atoms with Gasteiger partial charge in [-0.2, -0.15) is 0 Å². The standard InChI is InChI=1S/C20H34O5/c1-20(24,13-7-15-25-2)14-12-16-10-11-18(21)17(16)8-5-3-4-6-9-19(22)23/h12,14,16-17,24H,3-11,13,15H2,1-2H3,(H,22,23)/b14-12+. The van der Waals surface area contributed by atoms with Crippen molar-refractivity contribution in [2.24, 2.45) is 11.8 Å². The Morgan fingerprint density at radius 1 is 1.28 bits per heavy atom. The van der Waals surface area contributed by atoms with E-state index in [1.54, 1.807) is 14.0 Å². The first kappa shape index (κ1) is 21.8. The lowest BCUT2D eigenvalue weighted by atomic mass is 9.88. The van der Waals surface area contributed by atoms with Crippen molar-refractivity contribution < 1.29 is 24.5 Å². The molecule has 1 saturated carbocycles. The van der Waals surface area contributed by atoms with Gasteiger partial charge >= 0.3 is 5.97 Å². The first-order valence-electron chi connectivity index (χ1n) is 9.51. The Hall–Kier alpha value is -1.20. The molecule has 0 spiro atoms. The monoisotopic (exact) mass is 354 g/mol. The highest BCUT2D eigenvalue weighted by Crippen LogP contribution is 2.34. The molecule has 0 saturated heterocycles. The number of carboxylic acid groups (broad SMARTS) is 1. The quantitative estimate of drug-likeness (QED) is 0.389. The average molecular weight is 354 g/mol. The van der Waals surface area contributed by atoms with Crippen LogP contribution in [0.2, 0.25) is 0 Å². The Labute approximate surface area is 151 Å². The summed E-state index contributed by atoms with van der Waals surface area (Å²) >= 11 is 0. The molecule has 3 unspecified atom stereocenters. The zero-order chi connectivity index (χ0) is 18.7. The summed E-state index contributed by atoms with van der Waals surface area (Å²) < 4.78 is 5.02. The molecular weight excluding hydrogens is 320 g/mol. The summed E-state index contributed by atoms with van der Waals surface area (Å²) in [5, 5.41) is 19.0. The van der Waals surface area contributed by atoms with Crippen molar-refractivity contribution in [2.45, 2.75) is 76.7 Å². The van der Waals surface area contributed by atoms with E-state index in [1.165, 1.54) is 0 Å². The number of rotatable bonds is 13. The molecule has 0 aromatic carbocycles. The van der Waals surface area contributed by atoms with Crippen LogP contribution in [0, 0.1) is 11.8 Å². The number of Topliss-reactive ketones (excluding diaryl/α,β-unsaturated/α-hetero) is 1. The second kappa shape index (κ2) is 11.4. The van der Waals surface area contributed by atoms with Crippen LogP contribution in [0.3, 0.4) is 0 Å². The van der Waals surface area contributed by atoms with E-state index in [0.29, 0.717) is 31.7 Å². The summed E-state index contributed by atoms with van der Waals surface area (Å²) in [5.74, 6) is -0.126. The van der Waals surface area contributed by atoms with E-state index in [2.05, 4.69) is 0 Å². The van der Waals surface area contributed by atoms with Crippen LogP contribution in [0.25, 0.3) is 0 Å². The molecule has 0 aromatic heterocycles. The summed E-state index contributed by atoms with van der Waals surface area (Å²) in [7, 11) is 1.65. The maximum atomic E-state index is 12.1. The van der Waals surface area contributed by atoms with Gasteiger partial charge in [-0.1, -0.05) is 31.4 Å². The van der Waals surface area contributed by atoms with Gasteiger partial charge in [-0.25, -0.2) is 0 Å². The number of carbonyl (C=O) groups is 2. The van der Waals surface area contributed by atoms with Gasteiger partial charge in [0.1, 0.15) is 5.78 Å². The summed E-state index contributed by atoms with van der Waals surface area (Å²) in [5.41, 5.74) is -0.856. The molecule has 1 rings (SSSR count). The van der Waals surface area contributed by atoms with Crippen LogP contribution < -0.4 is 0 Å². The normalized spacial score (nSPS) is 23.2. The van der Waals surface area contributed by atoms with Gasteiger partial charge < -0.3 is 14.9 Å². The SMILES string of the molecule is COCCCC(C)(O)/C=C/C1CCC(=O)C1CCCCCCC(=O)O. The highest BCUT2D eigenvalue weighted by molar-refractivity contribution is 5.83. The van der Waals surface area contributed by atoms with Crippen molar-refractivity contribution in [1.29, 1.82) is 0 Å². The van der Waals surface area contributed by atoms with E-state index in [-0.39, 0.29) is 18.3 Å². The zero-order valence-electron chi connectivity index (χ0n) is 15.7. The number of aliphatic hydroxyl groups is 1. The average Bonchev–Trinajstić information content (AvgIpc) is 2.89. The van der Waals surface area contributed by atoms with Crippen molar-refractivity contribution in [3.63, 3.8) is 0 Å². The molecule has 0 heterocycles. The number of hydrogen-bond donors (Lipinski definition) is 2. The van der Waals surface area contributed by atoms with E-state index in [9.17, 15) is 14.7 Å². The van der Waals surface area contributed by atoms with E-state index in [0.717, 1.165) is 38.5 Å². The third-order valence-corrected chi connectivity index (χ3v) is 5.04. The van der Waals surface area contributed by atoms with Gasteiger partial charge in [0.05, 0.1) is 5.60 Å². The third kappa shape index (κ3) is 9.17. The van der Waals surface area contributed by atoms with Crippen LogP contribution in [0.4, 0.5) is 0 Å². The van der Waals surface area contributed by atoms with Crippen molar-refractivity contribution in [1.82, 2.24) is 0 Å². The van der Waals surface area contributed by atoms with E-state index >= 15 is 0 Å². The predicted molar refractivity (Wildman–Crippen MR) is 97.4 cm³/mol. The van der Waals surface area contributed by atoms with Crippen molar-refractivity contribution >= 4 is 11.8 Å². The molecule has 0 aromatic rings. The van der Waals surface area contributed by atoms with Crippen LogP contribution in [-0.2, 0) is 14.3 Å². The molecule has 0 amide bonds. The zero-order valence-corrected chi connectivity index (χ0v) is 15.7.